The summed E-state index contributed by atoms with van der Waals surface area (Å²) >= 11 is 5.92. The van der Waals surface area contributed by atoms with Gasteiger partial charge in [0.15, 0.2) is 0 Å². The molecular weight excluding hydrogens is 242 g/mol. The van der Waals surface area contributed by atoms with Crippen LogP contribution in [0.1, 0.15) is 23.0 Å². The van der Waals surface area contributed by atoms with Crippen LogP contribution in [-0.4, -0.2) is 29.9 Å². The number of hydrogen-bond acceptors (Lipinski definition) is 3. The molecule has 2 amide bonds. The van der Waals surface area contributed by atoms with Gasteiger partial charge in [-0.15, -0.1) is 0 Å². The van der Waals surface area contributed by atoms with Crippen molar-refractivity contribution in [1.82, 2.24) is 15.6 Å². The molecule has 1 aromatic rings. The predicted molar refractivity (Wildman–Crippen MR) is 65.0 cm³/mol. The number of aromatic nitrogens is 1. The van der Waals surface area contributed by atoms with Crippen LogP contribution in [0.5, 0.6) is 0 Å². The van der Waals surface area contributed by atoms with E-state index in [4.69, 9.17) is 11.6 Å². The van der Waals surface area contributed by atoms with Gasteiger partial charge in [-0.05, 0) is 13.0 Å². The number of nitrogens with zero attached hydrogens (tertiary/aromatic N) is 1. The van der Waals surface area contributed by atoms with Crippen molar-refractivity contribution in [2.45, 2.75) is 13.8 Å². The van der Waals surface area contributed by atoms with E-state index < -0.39 is 0 Å². The van der Waals surface area contributed by atoms with Crippen LogP contribution in [0, 0.1) is 6.92 Å². The highest BCUT2D eigenvalue weighted by Crippen LogP contribution is 2.15. The zero-order valence-electron chi connectivity index (χ0n) is 9.71. The molecule has 92 valence electrons. The maximum absolute atomic E-state index is 11.7. The quantitative estimate of drug-likeness (QED) is 0.786. The van der Waals surface area contributed by atoms with Crippen molar-refractivity contribution in [3.05, 3.63) is 28.5 Å². The fourth-order valence-electron chi connectivity index (χ4n) is 1.20. The summed E-state index contributed by atoms with van der Waals surface area (Å²) in [5.41, 5.74) is 1.09. The van der Waals surface area contributed by atoms with Crippen LogP contribution in [0.3, 0.4) is 0 Å². The Hall–Kier alpha value is -1.62. The summed E-state index contributed by atoms with van der Waals surface area (Å²) in [5.74, 6) is -0.429. The van der Waals surface area contributed by atoms with E-state index in [1.165, 1.54) is 13.1 Å². The molecule has 0 aliphatic rings. The molecule has 0 radical (unpaired) electrons. The lowest BCUT2D eigenvalue weighted by atomic mass is 10.2. The van der Waals surface area contributed by atoms with Gasteiger partial charge >= 0.3 is 0 Å². The maximum atomic E-state index is 11.7. The number of halogens is 1. The lowest BCUT2D eigenvalue weighted by Crippen LogP contribution is -2.33. The second-order valence-electron chi connectivity index (χ2n) is 3.54. The van der Waals surface area contributed by atoms with Crippen molar-refractivity contribution in [1.29, 1.82) is 0 Å². The summed E-state index contributed by atoms with van der Waals surface area (Å²) in [5, 5.41) is 5.58. The molecule has 0 unspecified atom stereocenters. The lowest BCUT2D eigenvalue weighted by Gasteiger charge is -2.07. The number of pyridine rings is 1. The molecule has 0 fully saturated rings. The fourth-order valence-corrected chi connectivity index (χ4v) is 1.50. The van der Waals surface area contributed by atoms with Crippen LogP contribution in [0.25, 0.3) is 0 Å². The number of carbonyl (C=O) groups is 2. The molecular formula is C11H14ClN3O2. The van der Waals surface area contributed by atoms with Crippen molar-refractivity contribution in [2.75, 3.05) is 13.1 Å². The van der Waals surface area contributed by atoms with E-state index in [2.05, 4.69) is 15.6 Å². The summed E-state index contributed by atoms with van der Waals surface area (Å²) in [6, 6.07) is 1.63. The van der Waals surface area contributed by atoms with Gasteiger partial charge < -0.3 is 10.6 Å². The van der Waals surface area contributed by atoms with E-state index in [1.54, 1.807) is 13.0 Å². The van der Waals surface area contributed by atoms with Crippen LogP contribution in [0.4, 0.5) is 0 Å². The molecule has 2 N–H and O–H groups in total. The monoisotopic (exact) mass is 255 g/mol. The average Bonchev–Trinajstić information content (AvgIpc) is 2.23. The minimum atomic E-state index is -0.298. The minimum Gasteiger partial charge on any atom is -0.355 e. The van der Waals surface area contributed by atoms with E-state index in [0.29, 0.717) is 23.7 Å². The summed E-state index contributed by atoms with van der Waals surface area (Å²) in [6.45, 7) is 3.95. The van der Waals surface area contributed by atoms with E-state index in [-0.39, 0.29) is 11.8 Å². The molecule has 0 bridgehead atoms. The number of aryl methyl sites for hydroxylation is 1. The first-order chi connectivity index (χ1) is 8.00. The molecule has 1 heterocycles. The molecule has 0 saturated carbocycles. The van der Waals surface area contributed by atoms with Gasteiger partial charge in [-0.25, -0.2) is 0 Å². The largest absolute Gasteiger partial charge is 0.355 e. The van der Waals surface area contributed by atoms with E-state index in [1.807, 2.05) is 0 Å². The van der Waals surface area contributed by atoms with Gasteiger partial charge in [0.2, 0.25) is 5.91 Å². The SMILES string of the molecule is CC(=O)NCCNC(=O)c1cnc(C)cc1Cl. The van der Waals surface area contributed by atoms with E-state index in [0.717, 1.165) is 5.69 Å². The van der Waals surface area contributed by atoms with Gasteiger partial charge in [-0.1, -0.05) is 11.6 Å². The summed E-state index contributed by atoms with van der Waals surface area (Å²) in [6.07, 6.45) is 1.44. The second-order valence-corrected chi connectivity index (χ2v) is 3.95. The van der Waals surface area contributed by atoms with E-state index >= 15 is 0 Å². The smallest absolute Gasteiger partial charge is 0.254 e. The molecule has 0 atom stereocenters. The first-order valence-electron chi connectivity index (χ1n) is 5.15. The normalized spacial score (nSPS) is 9.82. The van der Waals surface area contributed by atoms with Gasteiger partial charge in [0.05, 0.1) is 10.6 Å². The summed E-state index contributed by atoms with van der Waals surface area (Å²) < 4.78 is 0. The maximum Gasteiger partial charge on any atom is 0.254 e. The highest BCUT2D eigenvalue weighted by molar-refractivity contribution is 6.33. The first kappa shape index (κ1) is 13.4. The van der Waals surface area contributed by atoms with Crippen molar-refractivity contribution >= 4 is 23.4 Å². The second kappa shape index (κ2) is 6.20. The highest BCUT2D eigenvalue weighted by atomic mass is 35.5. The molecule has 0 spiro atoms. The summed E-state index contributed by atoms with van der Waals surface area (Å²) in [4.78, 5) is 26.3. The first-order valence-corrected chi connectivity index (χ1v) is 5.53. The summed E-state index contributed by atoms with van der Waals surface area (Å²) in [7, 11) is 0. The number of amides is 2. The number of carbonyl (C=O) groups excluding carboxylic acids is 2. The van der Waals surface area contributed by atoms with Gasteiger partial charge in [-0.3, -0.25) is 14.6 Å². The number of hydrogen-bond donors (Lipinski definition) is 2. The van der Waals surface area contributed by atoms with Crippen molar-refractivity contribution in [2.24, 2.45) is 0 Å². The molecule has 6 heteroatoms. The molecule has 0 aliphatic heterocycles. The third-order valence-electron chi connectivity index (χ3n) is 2.02. The standard InChI is InChI=1S/C11H14ClN3O2/c1-7-5-10(12)9(6-15-7)11(17)14-4-3-13-8(2)16/h5-6H,3-4H2,1-2H3,(H,13,16)(H,14,17). The Morgan fingerprint density at radius 2 is 2.00 bits per heavy atom. The van der Waals surface area contributed by atoms with Gasteiger partial charge in [-0.2, -0.15) is 0 Å². The Morgan fingerprint density at radius 1 is 1.35 bits per heavy atom. The molecule has 0 saturated heterocycles. The van der Waals surface area contributed by atoms with Gasteiger partial charge in [0, 0.05) is 31.9 Å². The minimum absolute atomic E-state index is 0.130. The fraction of sp³-hybridized carbons (Fsp3) is 0.364. The molecule has 1 aromatic heterocycles. The van der Waals surface area contributed by atoms with Crippen molar-refractivity contribution in [3.8, 4) is 0 Å². The van der Waals surface area contributed by atoms with Crippen LogP contribution in [0.15, 0.2) is 12.3 Å². The molecule has 0 aromatic carbocycles. The Bertz CT molecular complexity index is 435. The lowest BCUT2D eigenvalue weighted by molar-refractivity contribution is -0.118. The van der Waals surface area contributed by atoms with Crippen LogP contribution < -0.4 is 10.6 Å². The van der Waals surface area contributed by atoms with Crippen LogP contribution in [0.2, 0.25) is 5.02 Å². The highest BCUT2D eigenvalue weighted by Gasteiger charge is 2.10. The molecule has 1 rings (SSSR count). The van der Waals surface area contributed by atoms with Gasteiger partial charge in [0.25, 0.3) is 5.91 Å². The van der Waals surface area contributed by atoms with Crippen molar-refractivity contribution < 1.29 is 9.59 Å². The van der Waals surface area contributed by atoms with Crippen LogP contribution >= 0.6 is 11.6 Å². The molecule has 17 heavy (non-hydrogen) atoms. The van der Waals surface area contributed by atoms with Gasteiger partial charge in [0.1, 0.15) is 0 Å². The Labute approximate surface area is 105 Å². The molecule has 0 aliphatic carbocycles. The third-order valence-corrected chi connectivity index (χ3v) is 2.33. The third kappa shape index (κ3) is 4.40. The Kier molecular flexibility index (Phi) is 4.90. The number of rotatable bonds is 4. The Balaban J connectivity index is 2.50. The van der Waals surface area contributed by atoms with Crippen molar-refractivity contribution in [3.63, 3.8) is 0 Å². The zero-order chi connectivity index (χ0) is 12.8. The average molecular weight is 256 g/mol. The number of nitrogens with one attached hydrogen (secondary N) is 2. The Morgan fingerprint density at radius 3 is 2.59 bits per heavy atom. The predicted octanol–water partition coefficient (Wildman–Crippen LogP) is 0.909. The zero-order valence-corrected chi connectivity index (χ0v) is 10.5. The van der Waals surface area contributed by atoms with Crippen LogP contribution in [-0.2, 0) is 4.79 Å². The topological polar surface area (TPSA) is 71.1 Å². The molecule has 5 nitrogen and oxygen atoms in total. The van der Waals surface area contributed by atoms with E-state index in [9.17, 15) is 9.59 Å².